The molecule has 0 aliphatic rings. The topological polar surface area (TPSA) is 111 Å². The predicted octanol–water partition coefficient (Wildman–Crippen LogP) is -0.368. The molecular weight excluding hydrogens is 254 g/mol. The van der Waals surface area contributed by atoms with Gasteiger partial charge in [-0.25, -0.2) is 9.52 Å². The minimum Gasteiger partial charge on any atom is -0.452 e. The van der Waals surface area contributed by atoms with Gasteiger partial charge in [-0.05, 0) is 6.42 Å². The van der Waals surface area contributed by atoms with Gasteiger partial charge in [-0.1, -0.05) is 19.1 Å². The van der Waals surface area contributed by atoms with E-state index in [1.54, 1.807) is 11.6 Å². The summed E-state index contributed by atoms with van der Waals surface area (Å²) < 4.78 is 30.7. The number of nitrogens with one attached hydrogen (secondary N) is 2. The predicted molar refractivity (Wildman–Crippen MR) is 63.1 cm³/mol. The summed E-state index contributed by atoms with van der Waals surface area (Å²) in [5.74, 6) is 0. The minimum atomic E-state index is -3.94. The van der Waals surface area contributed by atoms with Crippen molar-refractivity contribution in [3.8, 4) is 0 Å². The Kier molecular flexibility index (Phi) is 6.22. The lowest BCUT2D eigenvalue weighted by molar-refractivity contribution is 0.177. The zero-order chi connectivity index (χ0) is 12.8. The fourth-order valence-electron chi connectivity index (χ4n) is 0.912. The van der Waals surface area contributed by atoms with E-state index in [1.165, 1.54) is 0 Å². The van der Waals surface area contributed by atoms with Gasteiger partial charge in [0.2, 0.25) is 0 Å². The van der Waals surface area contributed by atoms with Crippen LogP contribution in [0.25, 0.3) is 0 Å². The van der Waals surface area contributed by atoms with Crippen molar-refractivity contribution >= 4 is 33.5 Å². The van der Waals surface area contributed by atoms with Gasteiger partial charge in [-0.3, -0.25) is 0 Å². The Bertz CT molecular complexity index is 355. The van der Waals surface area contributed by atoms with Crippen molar-refractivity contribution < 1.29 is 17.9 Å². The largest absolute Gasteiger partial charge is 0.452 e. The molecule has 0 radical (unpaired) electrons. The molecular formula is C7H15N3O4S2. The first-order valence-electron chi connectivity index (χ1n) is 4.47. The zero-order valence-corrected chi connectivity index (χ0v) is 10.7. The van der Waals surface area contributed by atoms with Crippen molar-refractivity contribution in [1.82, 2.24) is 9.44 Å². The van der Waals surface area contributed by atoms with Crippen LogP contribution < -0.4 is 15.2 Å². The second kappa shape index (κ2) is 6.61. The first kappa shape index (κ1) is 15.1. The Balaban J connectivity index is 4.43. The summed E-state index contributed by atoms with van der Waals surface area (Å²) in [6.45, 7) is 1.77. The molecule has 0 rings (SSSR count). The lowest BCUT2D eigenvalue weighted by Gasteiger charge is -2.16. The Labute approximate surface area is 99.9 Å². The van der Waals surface area contributed by atoms with Crippen molar-refractivity contribution in [2.75, 3.05) is 7.11 Å². The van der Waals surface area contributed by atoms with E-state index in [2.05, 4.69) is 21.7 Å². The maximum atomic E-state index is 11.3. The van der Waals surface area contributed by atoms with E-state index < -0.39 is 22.3 Å². The molecule has 0 aliphatic heterocycles. The fraction of sp³-hybridized carbons (Fsp3) is 0.714. The maximum Gasteiger partial charge on any atom is 0.421 e. The summed E-state index contributed by atoms with van der Waals surface area (Å²) in [5.41, 5.74) is 5.30. The van der Waals surface area contributed by atoms with Crippen molar-refractivity contribution in [2.45, 2.75) is 25.8 Å². The van der Waals surface area contributed by atoms with E-state index >= 15 is 0 Å². The van der Waals surface area contributed by atoms with Crippen LogP contribution in [0.1, 0.15) is 19.8 Å². The number of thiocarbonyl (C=S) groups is 1. The van der Waals surface area contributed by atoms with Crippen molar-refractivity contribution in [2.24, 2.45) is 5.73 Å². The van der Waals surface area contributed by atoms with Gasteiger partial charge in [0.05, 0.1) is 12.1 Å². The van der Waals surface area contributed by atoms with E-state index in [-0.39, 0.29) is 11.4 Å². The molecule has 0 aliphatic carbocycles. The first-order valence-corrected chi connectivity index (χ1v) is 6.36. The first-order chi connectivity index (χ1) is 7.30. The molecule has 0 saturated heterocycles. The molecule has 94 valence electrons. The van der Waals surface area contributed by atoms with Gasteiger partial charge in [0.15, 0.2) is 0 Å². The van der Waals surface area contributed by atoms with Crippen molar-refractivity contribution in [3.05, 3.63) is 0 Å². The molecule has 7 nitrogen and oxygen atoms in total. The number of nitrogens with two attached hydrogens (primary N) is 1. The Morgan fingerprint density at radius 3 is 2.50 bits per heavy atom. The molecule has 0 heterocycles. The lowest BCUT2D eigenvalue weighted by atomic mass is 10.2. The van der Waals surface area contributed by atoms with Gasteiger partial charge in [0, 0.05) is 12.5 Å². The smallest absolute Gasteiger partial charge is 0.421 e. The van der Waals surface area contributed by atoms with Gasteiger partial charge in [0.1, 0.15) is 0 Å². The van der Waals surface area contributed by atoms with Crippen LogP contribution in [0.3, 0.4) is 0 Å². The van der Waals surface area contributed by atoms with E-state index in [4.69, 9.17) is 5.73 Å². The van der Waals surface area contributed by atoms with Gasteiger partial charge in [0.25, 0.3) is 0 Å². The maximum absolute atomic E-state index is 11.3. The highest BCUT2D eigenvalue weighted by molar-refractivity contribution is 7.88. The van der Waals surface area contributed by atoms with Crippen LogP contribution in [-0.4, -0.2) is 32.7 Å². The number of hydrogen-bond donors (Lipinski definition) is 3. The third-order valence-corrected chi connectivity index (χ3v) is 2.91. The van der Waals surface area contributed by atoms with Crippen LogP contribution >= 0.6 is 12.2 Å². The van der Waals surface area contributed by atoms with Crippen LogP contribution in [0.2, 0.25) is 0 Å². The number of hydrogen-bond acceptors (Lipinski definition) is 5. The molecule has 1 amide bonds. The van der Waals surface area contributed by atoms with Gasteiger partial charge in [-0.15, -0.1) is 0 Å². The normalized spacial score (nSPS) is 12.9. The average molecular weight is 269 g/mol. The molecule has 0 aromatic carbocycles. The van der Waals surface area contributed by atoms with Gasteiger partial charge in [-0.2, -0.15) is 13.1 Å². The molecule has 0 aromatic heterocycles. The lowest BCUT2D eigenvalue weighted by Crippen LogP contribution is -2.45. The van der Waals surface area contributed by atoms with Crippen LogP contribution in [0.5, 0.6) is 0 Å². The highest BCUT2D eigenvalue weighted by Gasteiger charge is 2.19. The Morgan fingerprint density at radius 1 is 1.56 bits per heavy atom. The molecule has 4 N–H and O–H groups in total. The number of amides is 1. The van der Waals surface area contributed by atoms with Crippen LogP contribution in [0, 0.1) is 0 Å². The average Bonchev–Trinajstić information content (AvgIpc) is 2.14. The minimum absolute atomic E-state index is 0.201. The SMILES string of the molecule is CCC(CC(N)=S)NS(=O)(=O)NC(=O)OC. The quantitative estimate of drug-likeness (QED) is 0.567. The molecule has 0 saturated carbocycles. The molecule has 0 spiro atoms. The highest BCUT2D eigenvalue weighted by Crippen LogP contribution is 1.99. The number of carbonyl (C=O) groups excluding carboxylic acids is 1. The number of methoxy groups -OCH3 is 1. The summed E-state index contributed by atoms with van der Waals surface area (Å²) in [6.07, 6.45) is -0.328. The van der Waals surface area contributed by atoms with Crippen LogP contribution in [0.15, 0.2) is 0 Å². The number of ether oxygens (including phenoxy) is 1. The summed E-state index contributed by atoms with van der Waals surface area (Å²) in [4.78, 5) is 10.9. The number of rotatable bonds is 6. The second-order valence-corrected chi connectivity index (χ2v) is 4.96. The molecule has 1 atom stereocenters. The fourth-order valence-corrected chi connectivity index (χ4v) is 2.16. The highest BCUT2D eigenvalue weighted by atomic mass is 32.2. The van der Waals surface area contributed by atoms with E-state index in [0.717, 1.165) is 7.11 Å². The summed E-state index contributed by atoms with van der Waals surface area (Å²) in [5, 5.41) is 0. The van der Waals surface area contributed by atoms with Crippen LogP contribution in [0.4, 0.5) is 4.79 Å². The molecule has 9 heteroatoms. The second-order valence-electron chi connectivity index (χ2n) is 2.99. The molecule has 0 fully saturated rings. The van der Waals surface area contributed by atoms with Crippen molar-refractivity contribution in [1.29, 1.82) is 0 Å². The zero-order valence-electron chi connectivity index (χ0n) is 9.02. The van der Waals surface area contributed by atoms with E-state index in [9.17, 15) is 13.2 Å². The van der Waals surface area contributed by atoms with Crippen molar-refractivity contribution in [3.63, 3.8) is 0 Å². The Morgan fingerprint density at radius 2 is 2.12 bits per heavy atom. The third kappa shape index (κ3) is 6.53. The third-order valence-electron chi connectivity index (χ3n) is 1.67. The molecule has 16 heavy (non-hydrogen) atoms. The van der Waals surface area contributed by atoms with Gasteiger partial charge < -0.3 is 10.5 Å². The monoisotopic (exact) mass is 269 g/mol. The molecule has 0 bridgehead atoms. The van der Waals surface area contributed by atoms with E-state index in [1.807, 2.05) is 0 Å². The standard InChI is InChI=1S/C7H15N3O4S2/c1-3-5(4-6(8)15)9-16(12,13)10-7(11)14-2/h5,9H,3-4H2,1-2H3,(H2,8,15)(H,10,11). The summed E-state index contributed by atoms with van der Waals surface area (Å²) in [7, 11) is -2.87. The number of carbonyl (C=O) groups is 1. The summed E-state index contributed by atoms with van der Waals surface area (Å²) >= 11 is 4.67. The van der Waals surface area contributed by atoms with E-state index in [0.29, 0.717) is 6.42 Å². The Hall–Kier alpha value is -0.930. The molecule has 1 unspecified atom stereocenters. The van der Waals surface area contributed by atoms with Crippen LogP contribution in [-0.2, 0) is 14.9 Å². The molecule has 0 aromatic rings. The summed E-state index contributed by atoms with van der Waals surface area (Å²) in [6, 6.07) is -0.445. The van der Waals surface area contributed by atoms with Gasteiger partial charge >= 0.3 is 16.3 Å².